The van der Waals surface area contributed by atoms with Gasteiger partial charge in [0.15, 0.2) is 0 Å². The SMILES string of the molecule is C=C=C(OC(C)(C)C)C(C=CC(=O)OC(C)(C)C)CC(C)C.[HH]. The largest absolute Gasteiger partial charge is 0.484 e. The zero-order valence-corrected chi connectivity index (χ0v) is 15.4. The van der Waals surface area contributed by atoms with Gasteiger partial charge in [-0.25, -0.2) is 4.79 Å². The molecule has 3 heteroatoms. The minimum atomic E-state index is -0.492. The molecule has 0 aromatic rings. The number of rotatable bonds is 6. The molecule has 0 N–H and O–H groups in total. The Morgan fingerprint density at radius 2 is 1.64 bits per heavy atom. The number of carbonyl (C=O) groups excluding carboxylic acids is 1. The molecule has 0 spiro atoms. The van der Waals surface area contributed by atoms with Gasteiger partial charge in [-0.2, -0.15) is 0 Å². The maximum atomic E-state index is 11.8. The summed E-state index contributed by atoms with van der Waals surface area (Å²) in [5.41, 5.74) is 2.06. The van der Waals surface area contributed by atoms with Gasteiger partial charge in [-0.05, 0) is 53.9 Å². The molecule has 3 nitrogen and oxygen atoms in total. The Bertz CT molecular complexity index is 444. The van der Waals surface area contributed by atoms with E-state index in [4.69, 9.17) is 9.47 Å². The van der Waals surface area contributed by atoms with Crippen LogP contribution in [0.3, 0.4) is 0 Å². The molecular weight excluding hydrogens is 276 g/mol. The van der Waals surface area contributed by atoms with E-state index in [0.717, 1.165) is 6.42 Å². The van der Waals surface area contributed by atoms with Crippen LogP contribution in [0.15, 0.2) is 30.2 Å². The van der Waals surface area contributed by atoms with Crippen molar-refractivity contribution in [1.82, 2.24) is 0 Å². The van der Waals surface area contributed by atoms with Crippen LogP contribution in [-0.2, 0) is 14.3 Å². The van der Waals surface area contributed by atoms with Crippen LogP contribution in [0, 0.1) is 11.8 Å². The highest BCUT2D eigenvalue weighted by Gasteiger charge is 2.21. The highest BCUT2D eigenvalue weighted by Crippen LogP contribution is 2.26. The fourth-order valence-electron chi connectivity index (χ4n) is 1.88. The van der Waals surface area contributed by atoms with Gasteiger partial charge in [-0.1, -0.05) is 32.2 Å². The topological polar surface area (TPSA) is 35.5 Å². The fourth-order valence-corrected chi connectivity index (χ4v) is 1.88. The maximum Gasteiger partial charge on any atom is 0.330 e. The van der Waals surface area contributed by atoms with Gasteiger partial charge in [0.2, 0.25) is 0 Å². The summed E-state index contributed by atoms with van der Waals surface area (Å²) in [7, 11) is 0. The number of hydrogen-bond acceptors (Lipinski definition) is 3. The minimum Gasteiger partial charge on any atom is -0.484 e. The standard InChI is InChI=1S/C19H32O3.H2/c1-10-16(21-18(4,5)6)15(13-14(2)3)11-12-17(20)22-19(7,8)9;/h11-12,14-15H,1,13H2,2-9H3;1H. The summed E-state index contributed by atoms with van der Waals surface area (Å²) in [5, 5.41) is 0. The Morgan fingerprint density at radius 1 is 1.14 bits per heavy atom. The van der Waals surface area contributed by atoms with Gasteiger partial charge < -0.3 is 9.47 Å². The van der Waals surface area contributed by atoms with Crippen molar-refractivity contribution in [3.63, 3.8) is 0 Å². The third kappa shape index (κ3) is 10.3. The van der Waals surface area contributed by atoms with Gasteiger partial charge in [0.05, 0.1) is 0 Å². The lowest BCUT2D eigenvalue weighted by atomic mass is 9.94. The molecule has 0 heterocycles. The normalized spacial score (nSPS) is 13.9. The van der Waals surface area contributed by atoms with Crippen LogP contribution in [0.4, 0.5) is 0 Å². The molecule has 0 aromatic heterocycles. The molecule has 0 amide bonds. The molecular formula is C19H34O3. The Labute approximate surface area is 137 Å². The monoisotopic (exact) mass is 310 g/mol. The van der Waals surface area contributed by atoms with Crippen molar-refractivity contribution in [2.45, 2.75) is 73.0 Å². The summed E-state index contributed by atoms with van der Waals surface area (Å²) in [5.74, 6) is 0.742. The van der Waals surface area contributed by atoms with E-state index < -0.39 is 5.60 Å². The van der Waals surface area contributed by atoms with E-state index in [0.29, 0.717) is 11.7 Å². The summed E-state index contributed by atoms with van der Waals surface area (Å²) < 4.78 is 11.2. The molecule has 0 saturated heterocycles. The van der Waals surface area contributed by atoms with E-state index in [9.17, 15) is 4.79 Å². The summed E-state index contributed by atoms with van der Waals surface area (Å²) in [6, 6.07) is 0. The van der Waals surface area contributed by atoms with E-state index in [1.807, 2.05) is 47.6 Å². The van der Waals surface area contributed by atoms with Gasteiger partial charge in [0.25, 0.3) is 0 Å². The maximum absolute atomic E-state index is 11.8. The lowest BCUT2D eigenvalue weighted by Gasteiger charge is -2.26. The minimum absolute atomic E-state index is 0. The van der Waals surface area contributed by atoms with Gasteiger partial charge in [-0.3, -0.25) is 0 Å². The number of carbonyl (C=O) groups is 1. The molecule has 0 radical (unpaired) electrons. The zero-order chi connectivity index (χ0) is 17.6. The summed E-state index contributed by atoms with van der Waals surface area (Å²) >= 11 is 0. The van der Waals surface area contributed by atoms with Crippen molar-refractivity contribution in [3.8, 4) is 0 Å². The Kier molecular flexibility index (Phi) is 7.69. The highest BCUT2D eigenvalue weighted by molar-refractivity contribution is 5.82. The van der Waals surface area contributed by atoms with Gasteiger partial charge in [-0.15, -0.1) is 0 Å². The smallest absolute Gasteiger partial charge is 0.330 e. The van der Waals surface area contributed by atoms with Crippen molar-refractivity contribution >= 4 is 5.97 Å². The number of hydrogen-bond donors (Lipinski definition) is 0. The molecule has 0 aliphatic carbocycles. The third-order valence-electron chi connectivity index (χ3n) is 2.52. The molecule has 128 valence electrons. The van der Waals surface area contributed by atoms with Crippen LogP contribution in [0.1, 0.15) is 63.2 Å². The number of ether oxygens (including phenoxy) is 2. The van der Waals surface area contributed by atoms with Crippen molar-refractivity contribution in [2.75, 3.05) is 0 Å². The Hall–Kier alpha value is -1.47. The first-order chi connectivity index (χ1) is 9.84. The third-order valence-corrected chi connectivity index (χ3v) is 2.52. The van der Waals surface area contributed by atoms with Gasteiger partial charge in [0, 0.05) is 13.4 Å². The first-order valence-corrected chi connectivity index (χ1v) is 7.84. The van der Waals surface area contributed by atoms with Crippen molar-refractivity contribution in [2.24, 2.45) is 11.8 Å². The molecule has 0 bridgehead atoms. The molecule has 0 aliphatic heterocycles. The van der Waals surface area contributed by atoms with Gasteiger partial charge in [0.1, 0.15) is 17.0 Å². The lowest BCUT2D eigenvalue weighted by molar-refractivity contribution is -0.148. The first kappa shape index (κ1) is 20.5. The average Bonchev–Trinajstić information content (AvgIpc) is 2.27. The Balaban J connectivity index is 0. The quantitative estimate of drug-likeness (QED) is 0.290. The molecule has 0 rings (SSSR count). The molecule has 0 aromatic carbocycles. The van der Waals surface area contributed by atoms with Crippen molar-refractivity contribution in [3.05, 3.63) is 30.2 Å². The molecule has 0 fully saturated rings. The summed E-state index contributed by atoms with van der Waals surface area (Å²) in [4.78, 5) is 11.8. The van der Waals surface area contributed by atoms with Crippen LogP contribution in [-0.4, -0.2) is 17.2 Å². The van der Waals surface area contributed by atoms with Crippen molar-refractivity contribution < 1.29 is 15.7 Å². The van der Waals surface area contributed by atoms with Crippen LogP contribution < -0.4 is 0 Å². The van der Waals surface area contributed by atoms with Crippen LogP contribution in [0.5, 0.6) is 0 Å². The second kappa shape index (κ2) is 8.24. The average molecular weight is 310 g/mol. The molecule has 0 aliphatic rings. The molecule has 1 unspecified atom stereocenters. The van der Waals surface area contributed by atoms with Crippen LogP contribution in [0.2, 0.25) is 0 Å². The highest BCUT2D eigenvalue weighted by atomic mass is 16.6. The van der Waals surface area contributed by atoms with E-state index in [-0.39, 0.29) is 18.9 Å². The molecule has 22 heavy (non-hydrogen) atoms. The van der Waals surface area contributed by atoms with E-state index in [2.05, 4.69) is 26.2 Å². The Morgan fingerprint density at radius 3 is 2.00 bits per heavy atom. The number of allylic oxidation sites excluding steroid dienone is 1. The first-order valence-electron chi connectivity index (χ1n) is 7.84. The predicted octanol–water partition coefficient (Wildman–Crippen LogP) is 5.28. The van der Waals surface area contributed by atoms with Crippen molar-refractivity contribution in [1.29, 1.82) is 0 Å². The second-order valence-electron chi connectivity index (χ2n) is 7.88. The zero-order valence-electron chi connectivity index (χ0n) is 15.4. The number of esters is 1. The summed E-state index contributed by atoms with van der Waals surface area (Å²) in [6.45, 7) is 19.5. The second-order valence-corrected chi connectivity index (χ2v) is 7.88. The lowest BCUT2D eigenvalue weighted by Crippen LogP contribution is -2.23. The van der Waals surface area contributed by atoms with Gasteiger partial charge >= 0.3 is 5.97 Å². The van der Waals surface area contributed by atoms with Crippen LogP contribution >= 0.6 is 0 Å². The van der Waals surface area contributed by atoms with Crippen LogP contribution in [0.25, 0.3) is 0 Å². The molecule has 1 atom stereocenters. The van der Waals surface area contributed by atoms with E-state index in [1.165, 1.54) is 6.08 Å². The predicted molar refractivity (Wildman–Crippen MR) is 93.5 cm³/mol. The fraction of sp³-hybridized carbons (Fsp3) is 0.684. The molecule has 0 saturated carbocycles. The summed E-state index contributed by atoms with van der Waals surface area (Å²) in [6.07, 6.45) is 4.15. The van der Waals surface area contributed by atoms with E-state index >= 15 is 0 Å². The van der Waals surface area contributed by atoms with E-state index in [1.54, 1.807) is 0 Å².